The van der Waals surface area contributed by atoms with Crippen LogP contribution in [0.2, 0.25) is 5.02 Å². The number of hydrogen-bond acceptors (Lipinski definition) is 7. The lowest BCUT2D eigenvalue weighted by Gasteiger charge is -2.39. The highest BCUT2D eigenvalue weighted by Gasteiger charge is 2.45. The van der Waals surface area contributed by atoms with Crippen LogP contribution in [0, 0.1) is 0 Å². The number of rotatable bonds is 4. The number of aromatic nitrogens is 2. The zero-order valence-corrected chi connectivity index (χ0v) is 20.2. The molecule has 1 aliphatic carbocycles. The molecular weight excluding hydrogens is 460 g/mol. The van der Waals surface area contributed by atoms with E-state index in [0.717, 1.165) is 40.9 Å². The summed E-state index contributed by atoms with van der Waals surface area (Å²) in [4.78, 5) is 35.6. The predicted octanol–water partition coefficient (Wildman–Crippen LogP) is 3.32. The van der Waals surface area contributed by atoms with E-state index in [1.54, 1.807) is 12.1 Å². The molecule has 5 rings (SSSR count). The summed E-state index contributed by atoms with van der Waals surface area (Å²) in [5.41, 5.74) is 7.76. The van der Waals surface area contributed by atoms with Gasteiger partial charge in [-0.25, -0.2) is 15.0 Å². The third kappa shape index (κ3) is 4.08. The lowest BCUT2D eigenvalue weighted by molar-refractivity contribution is -0.00171. The molecule has 0 bridgehead atoms. The number of carbonyl (C=O) groups is 2. The Morgan fingerprint density at radius 1 is 1.24 bits per heavy atom. The molecule has 0 radical (unpaired) electrons. The van der Waals surface area contributed by atoms with Crippen molar-refractivity contribution in [2.24, 2.45) is 5.73 Å². The van der Waals surface area contributed by atoms with Gasteiger partial charge in [-0.2, -0.15) is 0 Å². The van der Waals surface area contributed by atoms with Gasteiger partial charge < -0.3 is 16.0 Å². The quantitative estimate of drug-likeness (QED) is 0.488. The second-order valence-electron chi connectivity index (χ2n) is 9.08. The molecule has 1 aliphatic heterocycles. The van der Waals surface area contributed by atoms with Crippen molar-refractivity contribution in [2.75, 3.05) is 14.1 Å². The summed E-state index contributed by atoms with van der Waals surface area (Å²) < 4.78 is 0. The highest BCUT2D eigenvalue weighted by atomic mass is 35.5. The normalized spacial score (nSPS) is 24.1. The number of nitrogens with two attached hydrogens (primary N) is 1. The molecule has 3 heterocycles. The molecule has 2 atom stereocenters. The largest absolute Gasteiger partial charge is 0.352 e. The van der Waals surface area contributed by atoms with E-state index in [9.17, 15) is 9.59 Å². The number of hydrogen-bond donors (Lipinski definition) is 3. The maximum Gasteiger partial charge on any atom is 0.280 e. The average Bonchev–Trinajstić information content (AvgIpc) is 3.38. The van der Waals surface area contributed by atoms with Crippen molar-refractivity contribution >= 4 is 45.5 Å². The molecule has 0 saturated heterocycles. The van der Waals surface area contributed by atoms with Gasteiger partial charge in [0.15, 0.2) is 5.01 Å². The van der Waals surface area contributed by atoms with Crippen molar-refractivity contribution in [2.45, 2.75) is 50.4 Å². The fraction of sp³-hybridized carbons (Fsp3) is 0.435. The van der Waals surface area contributed by atoms with Crippen molar-refractivity contribution in [3.8, 4) is 0 Å². The summed E-state index contributed by atoms with van der Waals surface area (Å²) >= 11 is 7.51. The SMILES string of the molecule is CN1Cc2nc(C(=O)NC3CCCCC3(N)C(=O)c3cc4cc(Cl)ccc4[nH]3)sc2CN1C. The van der Waals surface area contributed by atoms with Crippen molar-refractivity contribution in [1.29, 1.82) is 0 Å². The minimum Gasteiger partial charge on any atom is -0.352 e. The zero-order valence-electron chi connectivity index (χ0n) is 18.7. The maximum absolute atomic E-state index is 13.6. The number of H-pyrrole nitrogens is 1. The fourth-order valence-corrected chi connectivity index (χ4v) is 5.96. The van der Waals surface area contributed by atoms with Gasteiger partial charge in [0.05, 0.1) is 24.0 Å². The van der Waals surface area contributed by atoms with Crippen molar-refractivity contribution in [1.82, 2.24) is 25.3 Å². The van der Waals surface area contributed by atoms with Crippen LogP contribution in [-0.2, 0) is 13.1 Å². The second-order valence-corrected chi connectivity index (χ2v) is 10.6. The minimum atomic E-state index is -1.18. The Labute approximate surface area is 201 Å². The van der Waals surface area contributed by atoms with Gasteiger partial charge in [0.2, 0.25) is 5.78 Å². The lowest BCUT2D eigenvalue weighted by Crippen LogP contribution is -2.64. The molecule has 1 amide bonds. The highest BCUT2D eigenvalue weighted by Crippen LogP contribution is 2.32. The summed E-state index contributed by atoms with van der Waals surface area (Å²) in [6.07, 6.45) is 2.90. The van der Waals surface area contributed by atoms with Gasteiger partial charge in [0.25, 0.3) is 5.91 Å². The first kappa shape index (κ1) is 22.5. The van der Waals surface area contributed by atoms with E-state index >= 15 is 0 Å². The number of thiazole rings is 1. The topological polar surface area (TPSA) is 107 Å². The highest BCUT2D eigenvalue weighted by molar-refractivity contribution is 7.13. The number of aromatic amines is 1. The molecule has 0 spiro atoms. The standard InChI is InChI=1S/C23H27ClN6O2S/c1-29-11-17-18(12-30(29)2)33-22(27-17)21(32)28-19-5-3-4-8-23(19,25)20(31)16-10-13-9-14(24)6-7-15(13)26-16/h6-7,9-10,19,26H,3-5,8,11-12,25H2,1-2H3,(H,28,32). The number of nitrogens with zero attached hydrogens (tertiary/aromatic N) is 3. The number of nitrogens with one attached hydrogen (secondary N) is 2. The molecule has 1 fully saturated rings. The predicted molar refractivity (Wildman–Crippen MR) is 129 cm³/mol. The van der Waals surface area contributed by atoms with Gasteiger partial charge in [-0.3, -0.25) is 9.59 Å². The van der Waals surface area contributed by atoms with Crippen LogP contribution in [-0.4, -0.2) is 57.4 Å². The molecular formula is C23H27ClN6O2S. The van der Waals surface area contributed by atoms with E-state index in [1.807, 2.05) is 26.2 Å². The third-order valence-corrected chi connectivity index (χ3v) is 8.13. The maximum atomic E-state index is 13.6. The van der Waals surface area contributed by atoms with Gasteiger partial charge in [0.1, 0.15) is 5.54 Å². The monoisotopic (exact) mass is 486 g/mol. The van der Waals surface area contributed by atoms with Crippen LogP contribution < -0.4 is 11.1 Å². The molecule has 10 heteroatoms. The third-order valence-electron chi connectivity index (χ3n) is 6.82. The van der Waals surface area contributed by atoms with Crippen LogP contribution in [0.15, 0.2) is 24.3 Å². The van der Waals surface area contributed by atoms with Crippen LogP contribution in [0.4, 0.5) is 0 Å². The fourth-order valence-electron chi connectivity index (χ4n) is 4.76. The number of benzene rings is 1. The number of carbonyl (C=O) groups excluding carboxylic acids is 2. The summed E-state index contributed by atoms with van der Waals surface area (Å²) in [5.74, 6) is -0.459. The summed E-state index contributed by atoms with van der Waals surface area (Å²) in [7, 11) is 4.01. The van der Waals surface area contributed by atoms with E-state index in [1.165, 1.54) is 11.3 Å². The second kappa shape index (κ2) is 8.48. The van der Waals surface area contributed by atoms with Crippen LogP contribution in [0.25, 0.3) is 10.9 Å². The Balaban J connectivity index is 1.38. The molecule has 1 aromatic carbocycles. The van der Waals surface area contributed by atoms with Gasteiger partial charge >= 0.3 is 0 Å². The molecule has 2 unspecified atom stereocenters. The number of Topliss-reactive ketones (excluding diaryl/α,β-unsaturated/α-hetero) is 1. The Morgan fingerprint density at radius 3 is 2.85 bits per heavy atom. The van der Waals surface area contributed by atoms with Crippen molar-refractivity contribution in [3.63, 3.8) is 0 Å². The van der Waals surface area contributed by atoms with E-state index < -0.39 is 11.6 Å². The summed E-state index contributed by atoms with van der Waals surface area (Å²) in [6, 6.07) is 6.75. The molecule has 8 nitrogen and oxygen atoms in total. The zero-order chi connectivity index (χ0) is 23.3. The molecule has 174 valence electrons. The van der Waals surface area contributed by atoms with Crippen LogP contribution >= 0.6 is 22.9 Å². The van der Waals surface area contributed by atoms with Gasteiger partial charge in [-0.15, -0.1) is 11.3 Å². The van der Waals surface area contributed by atoms with Crippen LogP contribution in [0.1, 0.15) is 56.5 Å². The first-order valence-electron chi connectivity index (χ1n) is 11.1. The first-order valence-corrected chi connectivity index (χ1v) is 12.3. The first-order chi connectivity index (χ1) is 15.7. The van der Waals surface area contributed by atoms with E-state index in [2.05, 4.69) is 25.3 Å². The minimum absolute atomic E-state index is 0.193. The average molecular weight is 487 g/mol. The van der Waals surface area contributed by atoms with E-state index in [0.29, 0.717) is 35.1 Å². The smallest absolute Gasteiger partial charge is 0.280 e. The number of hydrazine groups is 1. The number of ketones is 1. The van der Waals surface area contributed by atoms with Gasteiger partial charge in [0, 0.05) is 41.4 Å². The molecule has 1 saturated carbocycles. The molecule has 2 aromatic heterocycles. The van der Waals surface area contributed by atoms with E-state index in [4.69, 9.17) is 17.3 Å². The molecule has 33 heavy (non-hydrogen) atoms. The Morgan fingerprint density at radius 2 is 2.03 bits per heavy atom. The summed E-state index contributed by atoms with van der Waals surface area (Å²) in [5, 5.41) is 9.10. The van der Waals surface area contributed by atoms with Crippen molar-refractivity contribution in [3.05, 3.63) is 50.6 Å². The van der Waals surface area contributed by atoms with E-state index in [-0.39, 0.29) is 11.7 Å². The van der Waals surface area contributed by atoms with Crippen LogP contribution in [0.3, 0.4) is 0 Å². The Hall–Kier alpha value is -2.30. The molecule has 2 aliphatic rings. The lowest BCUT2D eigenvalue weighted by atomic mass is 9.74. The number of halogens is 1. The number of amides is 1. The van der Waals surface area contributed by atoms with Crippen molar-refractivity contribution < 1.29 is 9.59 Å². The van der Waals surface area contributed by atoms with Gasteiger partial charge in [-0.1, -0.05) is 24.4 Å². The molecule has 3 aromatic rings. The van der Waals surface area contributed by atoms with Gasteiger partial charge in [-0.05, 0) is 37.1 Å². The Bertz CT molecular complexity index is 1210. The Kier molecular flexibility index (Phi) is 5.78. The molecule has 4 N–H and O–H groups in total. The summed E-state index contributed by atoms with van der Waals surface area (Å²) in [6.45, 7) is 1.40. The number of fused-ring (bicyclic) bond motifs is 2. The van der Waals surface area contributed by atoms with Crippen LogP contribution in [0.5, 0.6) is 0 Å².